The molecular formula is C12H18N2O3S. The fourth-order valence-electron chi connectivity index (χ4n) is 1.38. The molecule has 0 fully saturated rings. The van der Waals surface area contributed by atoms with Crippen molar-refractivity contribution in [2.45, 2.75) is 31.2 Å². The molecule has 0 radical (unpaired) electrons. The first-order chi connectivity index (χ1) is 8.34. The zero-order valence-corrected chi connectivity index (χ0v) is 11.5. The van der Waals surface area contributed by atoms with Crippen LogP contribution >= 0.6 is 0 Å². The third kappa shape index (κ3) is 4.03. The molecule has 0 heterocycles. The van der Waals surface area contributed by atoms with Crippen molar-refractivity contribution in [3.63, 3.8) is 0 Å². The van der Waals surface area contributed by atoms with E-state index < -0.39 is 15.9 Å². The van der Waals surface area contributed by atoms with Crippen molar-refractivity contribution in [3.05, 3.63) is 24.3 Å². The van der Waals surface area contributed by atoms with E-state index in [0.717, 1.165) is 12.7 Å². The molecule has 0 aliphatic heterocycles. The van der Waals surface area contributed by atoms with E-state index >= 15 is 0 Å². The third-order valence-electron chi connectivity index (χ3n) is 2.52. The van der Waals surface area contributed by atoms with Gasteiger partial charge in [0, 0.05) is 12.3 Å². The molecule has 0 aliphatic carbocycles. The molecule has 0 saturated carbocycles. The van der Waals surface area contributed by atoms with Gasteiger partial charge in [0.15, 0.2) is 9.84 Å². The predicted octanol–water partition coefficient (Wildman–Crippen LogP) is 2.01. The first kappa shape index (κ1) is 14.5. The average molecular weight is 270 g/mol. The topological polar surface area (TPSA) is 75.3 Å². The van der Waals surface area contributed by atoms with E-state index in [1.165, 1.54) is 6.07 Å². The summed E-state index contributed by atoms with van der Waals surface area (Å²) in [7, 11) is -3.36. The number of hydrogen-bond donors (Lipinski definition) is 2. The maximum atomic E-state index is 11.6. The molecule has 1 rings (SSSR count). The minimum Gasteiger partial charge on any atom is -0.335 e. The Morgan fingerprint density at radius 2 is 1.94 bits per heavy atom. The van der Waals surface area contributed by atoms with Crippen LogP contribution in [0, 0.1) is 0 Å². The Kier molecular flexibility index (Phi) is 4.72. The van der Waals surface area contributed by atoms with E-state index in [1.54, 1.807) is 18.2 Å². The molecular weight excluding hydrogens is 252 g/mol. The Hall–Kier alpha value is -1.56. The number of anilines is 1. The van der Waals surface area contributed by atoms with Gasteiger partial charge < -0.3 is 10.6 Å². The predicted molar refractivity (Wildman–Crippen MR) is 71.5 cm³/mol. The molecule has 0 saturated heterocycles. The Balaban J connectivity index is 2.89. The fraction of sp³-hybridized carbons (Fsp3) is 0.417. The number of carbonyl (C=O) groups excluding carboxylic acids is 1. The summed E-state index contributed by atoms with van der Waals surface area (Å²) in [5.74, 6) is 0. The van der Waals surface area contributed by atoms with Crippen LogP contribution in [0.1, 0.15) is 20.3 Å². The first-order valence-electron chi connectivity index (χ1n) is 5.71. The van der Waals surface area contributed by atoms with Gasteiger partial charge in [-0.3, -0.25) is 0 Å². The highest BCUT2D eigenvalue weighted by Gasteiger charge is 2.14. The van der Waals surface area contributed by atoms with Gasteiger partial charge in [0.1, 0.15) is 0 Å². The molecule has 1 aromatic carbocycles. The molecule has 0 spiro atoms. The van der Waals surface area contributed by atoms with Gasteiger partial charge >= 0.3 is 6.03 Å². The lowest BCUT2D eigenvalue weighted by Gasteiger charge is -2.14. The van der Waals surface area contributed by atoms with E-state index in [9.17, 15) is 13.2 Å². The molecule has 2 amide bonds. The first-order valence-corrected chi connectivity index (χ1v) is 7.60. The Morgan fingerprint density at radius 1 is 1.33 bits per heavy atom. The number of sulfone groups is 1. The maximum absolute atomic E-state index is 11.6. The highest BCUT2D eigenvalue weighted by molar-refractivity contribution is 7.90. The zero-order chi connectivity index (χ0) is 13.8. The molecule has 100 valence electrons. The van der Waals surface area contributed by atoms with Crippen LogP contribution in [-0.4, -0.2) is 26.7 Å². The van der Waals surface area contributed by atoms with Crippen molar-refractivity contribution in [1.29, 1.82) is 0 Å². The monoisotopic (exact) mass is 270 g/mol. The van der Waals surface area contributed by atoms with Gasteiger partial charge in [-0.25, -0.2) is 13.2 Å². The molecule has 0 unspecified atom stereocenters. The average Bonchev–Trinajstić information content (AvgIpc) is 2.27. The number of nitrogens with one attached hydrogen (secondary N) is 2. The van der Waals surface area contributed by atoms with Crippen LogP contribution in [0.15, 0.2) is 29.2 Å². The molecule has 6 heteroatoms. The summed E-state index contributed by atoms with van der Waals surface area (Å²) in [6, 6.07) is 5.96. The summed E-state index contributed by atoms with van der Waals surface area (Å²) in [6.45, 7) is 3.83. The number of benzene rings is 1. The lowest BCUT2D eigenvalue weighted by molar-refractivity contribution is 0.249. The molecule has 1 atom stereocenters. The quantitative estimate of drug-likeness (QED) is 0.878. The van der Waals surface area contributed by atoms with Crippen LogP contribution in [0.4, 0.5) is 10.5 Å². The van der Waals surface area contributed by atoms with Gasteiger partial charge in [0.05, 0.1) is 10.6 Å². The number of amides is 2. The molecule has 5 nitrogen and oxygen atoms in total. The van der Waals surface area contributed by atoms with Crippen molar-refractivity contribution in [2.24, 2.45) is 0 Å². The summed E-state index contributed by atoms with van der Waals surface area (Å²) in [6.07, 6.45) is 1.92. The molecule has 1 aromatic rings. The lowest BCUT2D eigenvalue weighted by atomic mass is 10.3. The van der Waals surface area contributed by atoms with E-state index in [2.05, 4.69) is 10.6 Å². The van der Waals surface area contributed by atoms with E-state index in [4.69, 9.17) is 0 Å². The number of para-hydroxylation sites is 1. The summed E-state index contributed by atoms with van der Waals surface area (Å²) in [4.78, 5) is 11.8. The molecule has 0 bridgehead atoms. The number of rotatable bonds is 4. The van der Waals surface area contributed by atoms with Crippen LogP contribution in [0.3, 0.4) is 0 Å². The zero-order valence-electron chi connectivity index (χ0n) is 10.7. The van der Waals surface area contributed by atoms with Gasteiger partial charge in [-0.05, 0) is 25.5 Å². The summed E-state index contributed by atoms with van der Waals surface area (Å²) in [5, 5.41) is 5.26. The highest BCUT2D eigenvalue weighted by Crippen LogP contribution is 2.20. The van der Waals surface area contributed by atoms with Crippen LogP contribution in [0.5, 0.6) is 0 Å². The second-order valence-electron chi connectivity index (χ2n) is 4.18. The van der Waals surface area contributed by atoms with E-state index in [1.807, 2.05) is 13.8 Å². The van der Waals surface area contributed by atoms with Crippen molar-refractivity contribution < 1.29 is 13.2 Å². The van der Waals surface area contributed by atoms with Crippen LogP contribution < -0.4 is 10.6 Å². The number of hydrogen-bond acceptors (Lipinski definition) is 3. The third-order valence-corrected chi connectivity index (χ3v) is 3.68. The van der Waals surface area contributed by atoms with E-state index in [-0.39, 0.29) is 10.9 Å². The maximum Gasteiger partial charge on any atom is 0.319 e. The number of carbonyl (C=O) groups is 1. The molecule has 2 N–H and O–H groups in total. The lowest BCUT2D eigenvalue weighted by Crippen LogP contribution is -2.35. The highest BCUT2D eigenvalue weighted by atomic mass is 32.2. The van der Waals surface area contributed by atoms with Gasteiger partial charge in [-0.15, -0.1) is 0 Å². The van der Waals surface area contributed by atoms with Crippen molar-refractivity contribution in [2.75, 3.05) is 11.6 Å². The van der Waals surface area contributed by atoms with Crippen molar-refractivity contribution >= 4 is 21.6 Å². The second-order valence-corrected chi connectivity index (χ2v) is 6.16. The molecule has 0 aromatic heterocycles. The molecule has 18 heavy (non-hydrogen) atoms. The Labute approximate surface area is 108 Å². The fourth-order valence-corrected chi connectivity index (χ4v) is 2.22. The normalized spacial score (nSPS) is 12.8. The Bertz CT molecular complexity index is 526. The van der Waals surface area contributed by atoms with Crippen LogP contribution in [0.25, 0.3) is 0 Å². The SMILES string of the molecule is CC[C@H](C)NC(=O)Nc1ccccc1S(C)(=O)=O. The summed E-state index contributed by atoms with van der Waals surface area (Å²) >= 11 is 0. The largest absolute Gasteiger partial charge is 0.335 e. The number of urea groups is 1. The van der Waals surface area contributed by atoms with Gasteiger partial charge in [-0.2, -0.15) is 0 Å². The van der Waals surface area contributed by atoms with Gasteiger partial charge in [0.25, 0.3) is 0 Å². The van der Waals surface area contributed by atoms with Gasteiger partial charge in [0.2, 0.25) is 0 Å². The molecule has 0 aliphatic rings. The van der Waals surface area contributed by atoms with E-state index in [0.29, 0.717) is 5.69 Å². The second kappa shape index (κ2) is 5.86. The smallest absolute Gasteiger partial charge is 0.319 e. The standard InChI is InChI=1S/C12H18N2O3S/c1-4-9(2)13-12(15)14-10-7-5-6-8-11(10)18(3,16)17/h5-9H,4H2,1-3H3,(H2,13,14,15)/t9-/m0/s1. The van der Waals surface area contributed by atoms with Crippen molar-refractivity contribution in [3.8, 4) is 0 Å². The van der Waals surface area contributed by atoms with Crippen molar-refractivity contribution in [1.82, 2.24) is 5.32 Å². The van der Waals surface area contributed by atoms with Crippen LogP contribution in [0.2, 0.25) is 0 Å². The van der Waals surface area contributed by atoms with Gasteiger partial charge in [-0.1, -0.05) is 19.1 Å². The minimum absolute atomic E-state index is 0.0374. The minimum atomic E-state index is -3.36. The Morgan fingerprint density at radius 3 is 2.50 bits per heavy atom. The summed E-state index contributed by atoms with van der Waals surface area (Å²) < 4.78 is 23.1. The van der Waals surface area contributed by atoms with Crippen LogP contribution in [-0.2, 0) is 9.84 Å². The summed E-state index contributed by atoms with van der Waals surface area (Å²) in [5.41, 5.74) is 0.292.